The summed E-state index contributed by atoms with van der Waals surface area (Å²) in [5.74, 6) is -1.18. The molecule has 0 aromatic heterocycles. The van der Waals surface area contributed by atoms with Crippen molar-refractivity contribution in [3.63, 3.8) is 0 Å². The van der Waals surface area contributed by atoms with Crippen molar-refractivity contribution in [3.8, 4) is 11.1 Å². The number of rotatable bonds is 6. The second-order valence-corrected chi connectivity index (χ2v) is 9.98. The van der Waals surface area contributed by atoms with Crippen molar-refractivity contribution in [2.45, 2.75) is 18.4 Å². The number of nitrogens with one attached hydrogen (secondary N) is 1. The van der Waals surface area contributed by atoms with Crippen LogP contribution in [-0.2, 0) is 19.1 Å². The van der Waals surface area contributed by atoms with E-state index >= 15 is 0 Å². The van der Waals surface area contributed by atoms with Gasteiger partial charge in [0, 0.05) is 38.1 Å². The Morgan fingerprint density at radius 2 is 1.63 bits per heavy atom. The molecule has 2 aromatic rings. The lowest BCUT2D eigenvalue weighted by molar-refractivity contribution is -0.145. The number of carboxylic acid groups (broad SMARTS) is 1. The monoisotopic (exact) mass is 476 g/mol. The Labute approximate surface area is 203 Å². The molecule has 182 valence electrons. The lowest BCUT2D eigenvalue weighted by Gasteiger charge is -2.25. The summed E-state index contributed by atoms with van der Waals surface area (Å²) in [4.78, 5) is 38.4. The molecule has 2 aromatic carbocycles. The highest BCUT2D eigenvalue weighted by molar-refractivity contribution is 5.83. The fraction of sp³-hybridized carbons (Fsp3) is 0.444. The molecule has 2 N–H and O–H groups in total. The number of fused-ring (bicyclic) bond motifs is 4. The Morgan fingerprint density at radius 1 is 1.00 bits per heavy atom. The summed E-state index contributed by atoms with van der Waals surface area (Å²) in [7, 11) is 0. The van der Waals surface area contributed by atoms with Crippen LogP contribution in [0.3, 0.4) is 0 Å². The zero-order valence-electron chi connectivity index (χ0n) is 19.3. The minimum Gasteiger partial charge on any atom is -0.481 e. The predicted molar refractivity (Wildman–Crippen MR) is 126 cm³/mol. The number of hydrogen-bond acceptors (Lipinski definition) is 5. The van der Waals surface area contributed by atoms with E-state index in [1.165, 1.54) is 11.1 Å². The van der Waals surface area contributed by atoms with Crippen LogP contribution in [0, 0.1) is 23.7 Å². The maximum absolute atomic E-state index is 13.0. The first-order chi connectivity index (χ1) is 17.0. The Morgan fingerprint density at radius 3 is 2.26 bits per heavy atom. The number of aliphatic carboxylic acids is 1. The normalized spacial score (nSPS) is 28.2. The van der Waals surface area contributed by atoms with Gasteiger partial charge in [-0.05, 0) is 40.5 Å². The number of benzene rings is 2. The highest BCUT2D eigenvalue weighted by Gasteiger charge is 2.61. The third kappa shape index (κ3) is 3.86. The molecule has 0 spiro atoms. The lowest BCUT2D eigenvalue weighted by Crippen LogP contribution is -2.45. The van der Waals surface area contributed by atoms with Crippen LogP contribution in [0.2, 0.25) is 0 Å². The van der Waals surface area contributed by atoms with E-state index in [1.807, 2.05) is 24.3 Å². The topological polar surface area (TPSA) is 105 Å². The molecule has 8 nitrogen and oxygen atoms in total. The van der Waals surface area contributed by atoms with Gasteiger partial charge in [-0.3, -0.25) is 9.59 Å². The molecular formula is C27H28N2O6. The van der Waals surface area contributed by atoms with Crippen LogP contribution in [0.5, 0.6) is 0 Å². The van der Waals surface area contributed by atoms with Gasteiger partial charge in [0.25, 0.3) is 5.91 Å². The minimum absolute atomic E-state index is 0.00600. The van der Waals surface area contributed by atoms with Gasteiger partial charge < -0.3 is 24.8 Å². The van der Waals surface area contributed by atoms with Crippen LogP contribution in [0.4, 0.5) is 4.79 Å². The summed E-state index contributed by atoms with van der Waals surface area (Å²) in [6, 6.07) is 16.4. The van der Waals surface area contributed by atoms with Crippen molar-refractivity contribution < 1.29 is 29.0 Å². The van der Waals surface area contributed by atoms with Crippen molar-refractivity contribution in [1.29, 1.82) is 0 Å². The Kier molecular flexibility index (Phi) is 5.48. The molecule has 1 saturated carbocycles. The molecule has 2 aliphatic carbocycles. The number of ether oxygens (including phenoxy) is 2. The molecule has 3 fully saturated rings. The van der Waals surface area contributed by atoms with E-state index in [1.54, 1.807) is 4.90 Å². The molecule has 0 bridgehead atoms. The molecule has 2 saturated heterocycles. The first kappa shape index (κ1) is 22.1. The van der Waals surface area contributed by atoms with E-state index in [4.69, 9.17) is 9.47 Å². The van der Waals surface area contributed by atoms with Gasteiger partial charge >= 0.3 is 12.1 Å². The number of alkyl carbamates (subject to hydrolysis) is 1. The zero-order chi connectivity index (χ0) is 24.1. The minimum atomic E-state index is -0.769. The van der Waals surface area contributed by atoms with Gasteiger partial charge in [0.05, 0.1) is 5.92 Å². The summed E-state index contributed by atoms with van der Waals surface area (Å²) < 4.78 is 11.3. The summed E-state index contributed by atoms with van der Waals surface area (Å²) >= 11 is 0. The van der Waals surface area contributed by atoms with Gasteiger partial charge in [-0.25, -0.2) is 4.79 Å². The first-order valence-corrected chi connectivity index (χ1v) is 12.2. The second kappa shape index (κ2) is 8.68. The van der Waals surface area contributed by atoms with Crippen LogP contribution in [0.15, 0.2) is 48.5 Å². The van der Waals surface area contributed by atoms with E-state index in [-0.39, 0.29) is 42.1 Å². The highest BCUT2D eigenvalue weighted by atomic mass is 16.5. The maximum Gasteiger partial charge on any atom is 0.407 e. The van der Waals surface area contributed by atoms with E-state index in [0.29, 0.717) is 32.7 Å². The maximum atomic E-state index is 13.0. The fourth-order valence-electron chi connectivity index (χ4n) is 6.23. The summed E-state index contributed by atoms with van der Waals surface area (Å²) in [6.45, 7) is 1.96. The molecule has 6 rings (SSSR count). The number of amides is 2. The van der Waals surface area contributed by atoms with Gasteiger partial charge in [0.1, 0.15) is 12.7 Å². The van der Waals surface area contributed by atoms with Gasteiger partial charge in [-0.15, -0.1) is 0 Å². The molecule has 2 aliphatic heterocycles. The standard InChI is InChI=1S/C27H28N2O6/c30-25(29-12-20-21(13-29)23(20)26(31)32)24-15(9-10-34-24)11-28-27(33)35-14-22-18-7-3-1-5-16(18)17-6-2-4-8-19(17)22/h1-8,15,20-24H,9-14H2,(H,28,33)(H,31,32)/t15-,20?,21?,23?,24-/m1/s1. The predicted octanol–water partition coefficient (Wildman–Crippen LogP) is 2.72. The van der Waals surface area contributed by atoms with Crippen molar-refractivity contribution in [3.05, 3.63) is 59.7 Å². The Hall–Kier alpha value is -3.39. The lowest BCUT2D eigenvalue weighted by atomic mass is 9.98. The summed E-state index contributed by atoms with van der Waals surface area (Å²) in [5.41, 5.74) is 4.67. The number of carboxylic acids is 1. The molecule has 35 heavy (non-hydrogen) atoms. The van der Waals surface area contributed by atoms with E-state index in [0.717, 1.165) is 11.1 Å². The highest BCUT2D eigenvalue weighted by Crippen LogP contribution is 2.52. The van der Waals surface area contributed by atoms with E-state index < -0.39 is 18.2 Å². The SMILES string of the molecule is O=C(NC[C@H]1CCO[C@H]1C(=O)N1CC2C(C1)C2C(=O)O)OCC1c2ccccc2-c2ccccc21. The number of carbonyl (C=O) groups is 3. The zero-order valence-corrected chi connectivity index (χ0v) is 19.3. The molecule has 2 heterocycles. The number of hydrogen-bond donors (Lipinski definition) is 2. The molecule has 2 unspecified atom stereocenters. The average molecular weight is 477 g/mol. The molecule has 0 radical (unpaired) electrons. The van der Waals surface area contributed by atoms with Gasteiger partial charge in [-0.2, -0.15) is 0 Å². The van der Waals surface area contributed by atoms with Crippen molar-refractivity contribution in [2.75, 3.05) is 32.8 Å². The molecule has 4 aliphatic rings. The first-order valence-electron chi connectivity index (χ1n) is 12.2. The van der Waals surface area contributed by atoms with Gasteiger partial charge in [-0.1, -0.05) is 48.5 Å². The molecule has 8 heteroatoms. The number of likely N-dealkylation sites (tertiary alicyclic amines) is 1. The molecular weight excluding hydrogens is 448 g/mol. The average Bonchev–Trinajstić information content (AvgIpc) is 3.22. The van der Waals surface area contributed by atoms with E-state index in [9.17, 15) is 19.5 Å². The van der Waals surface area contributed by atoms with Crippen LogP contribution in [0.25, 0.3) is 11.1 Å². The fourth-order valence-corrected chi connectivity index (χ4v) is 6.23. The third-order valence-corrected chi connectivity index (χ3v) is 8.10. The second-order valence-electron chi connectivity index (χ2n) is 9.98. The van der Waals surface area contributed by atoms with Crippen molar-refractivity contribution in [1.82, 2.24) is 10.2 Å². The largest absolute Gasteiger partial charge is 0.481 e. The van der Waals surface area contributed by atoms with Crippen LogP contribution in [0.1, 0.15) is 23.5 Å². The molecule has 2 amide bonds. The number of nitrogens with zero attached hydrogens (tertiary/aromatic N) is 1. The smallest absolute Gasteiger partial charge is 0.407 e. The quantitative estimate of drug-likeness (QED) is 0.664. The number of carbonyl (C=O) groups excluding carboxylic acids is 2. The van der Waals surface area contributed by atoms with Gasteiger partial charge in [0.15, 0.2) is 0 Å². The van der Waals surface area contributed by atoms with Crippen molar-refractivity contribution >= 4 is 18.0 Å². The van der Waals surface area contributed by atoms with Crippen LogP contribution >= 0.6 is 0 Å². The van der Waals surface area contributed by atoms with Crippen LogP contribution < -0.4 is 5.32 Å². The van der Waals surface area contributed by atoms with Crippen molar-refractivity contribution in [2.24, 2.45) is 23.7 Å². The summed E-state index contributed by atoms with van der Waals surface area (Å²) in [6.07, 6.45) is -0.431. The number of piperidine rings is 1. The molecule has 4 atom stereocenters. The summed E-state index contributed by atoms with van der Waals surface area (Å²) in [5, 5.41) is 12.0. The van der Waals surface area contributed by atoms with E-state index in [2.05, 4.69) is 29.6 Å². The third-order valence-electron chi connectivity index (χ3n) is 8.10. The Bertz CT molecular complexity index is 1120. The van der Waals surface area contributed by atoms with Crippen LogP contribution in [-0.4, -0.2) is 66.9 Å². The van der Waals surface area contributed by atoms with Gasteiger partial charge in [0.2, 0.25) is 0 Å². The Balaban J connectivity index is 1.02.